The number of aryl methyl sites for hydroxylation is 1. The Hall–Kier alpha value is -1.68. The lowest BCUT2D eigenvalue weighted by Crippen LogP contribution is -2.28. The summed E-state index contributed by atoms with van der Waals surface area (Å²) in [6.07, 6.45) is 4.53. The molecule has 0 unspecified atom stereocenters. The molecule has 1 aliphatic rings. The van der Waals surface area contributed by atoms with Gasteiger partial charge in [0.25, 0.3) is 0 Å². The van der Waals surface area contributed by atoms with Crippen molar-refractivity contribution in [1.82, 2.24) is 9.88 Å². The van der Waals surface area contributed by atoms with E-state index >= 15 is 0 Å². The molecule has 20 heavy (non-hydrogen) atoms. The summed E-state index contributed by atoms with van der Waals surface area (Å²) < 4.78 is 0. The average molecular weight is 286 g/mol. The molecule has 0 N–H and O–H groups in total. The van der Waals surface area contributed by atoms with Gasteiger partial charge in [-0.05, 0) is 43.2 Å². The highest BCUT2D eigenvalue weighted by Gasteiger charge is 2.45. The first-order chi connectivity index (χ1) is 9.65. The van der Waals surface area contributed by atoms with Crippen molar-refractivity contribution in [2.75, 3.05) is 7.05 Å². The molecule has 2 aromatic rings. The van der Waals surface area contributed by atoms with E-state index in [0.29, 0.717) is 12.5 Å². The fourth-order valence-corrected chi connectivity index (χ4v) is 3.61. The Balaban J connectivity index is 1.60. The molecule has 4 heteroatoms. The predicted molar refractivity (Wildman–Crippen MR) is 80.6 cm³/mol. The zero-order valence-corrected chi connectivity index (χ0v) is 12.6. The zero-order valence-electron chi connectivity index (χ0n) is 11.7. The van der Waals surface area contributed by atoms with Gasteiger partial charge in [0.15, 0.2) is 0 Å². The second-order valence-electron chi connectivity index (χ2n) is 5.45. The minimum atomic E-state index is 0.180. The highest BCUT2D eigenvalue weighted by molar-refractivity contribution is 7.12. The molecule has 1 amide bonds. The van der Waals surface area contributed by atoms with Crippen LogP contribution in [0.15, 0.2) is 36.7 Å². The van der Waals surface area contributed by atoms with Gasteiger partial charge in [0, 0.05) is 47.6 Å². The molecule has 1 fully saturated rings. The summed E-state index contributed by atoms with van der Waals surface area (Å²) in [6, 6.07) is 8.22. The van der Waals surface area contributed by atoms with Crippen LogP contribution in [0.4, 0.5) is 0 Å². The SMILES string of the molecule is Cc1ccc([C@H]2C[C@H]2C(=O)N(C)Cc2ccncc2)s1. The van der Waals surface area contributed by atoms with E-state index in [9.17, 15) is 4.79 Å². The van der Waals surface area contributed by atoms with E-state index in [2.05, 4.69) is 24.0 Å². The second kappa shape index (κ2) is 5.37. The van der Waals surface area contributed by atoms with Crippen molar-refractivity contribution in [3.05, 3.63) is 52.0 Å². The number of hydrogen-bond donors (Lipinski definition) is 0. The van der Waals surface area contributed by atoms with Crippen molar-refractivity contribution in [2.45, 2.75) is 25.8 Å². The van der Waals surface area contributed by atoms with Crippen LogP contribution in [0.25, 0.3) is 0 Å². The summed E-state index contributed by atoms with van der Waals surface area (Å²) in [4.78, 5) is 20.9. The molecule has 0 saturated heterocycles. The predicted octanol–water partition coefficient (Wildman–Crippen LogP) is 3.21. The molecule has 0 radical (unpaired) electrons. The van der Waals surface area contributed by atoms with E-state index in [1.165, 1.54) is 9.75 Å². The number of amides is 1. The maximum atomic E-state index is 12.4. The lowest BCUT2D eigenvalue weighted by molar-refractivity contribution is -0.131. The minimum Gasteiger partial charge on any atom is -0.341 e. The van der Waals surface area contributed by atoms with Crippen LogP contribution in [0, 0.1) is 12.8 Å². The first kappa shape index (κ1) is 13.3. The lowest BCUT2D eigenvalue weighted by Gasteiger charge is -2.17. The van der Waals surface area contributed by atoms with Crippen molar-refractivity contribution >= 4 is 17.2 Å². The van der Waals surface area contributed by atoms with Gasteiger partial charge in [-0.15, -0.1) is 11.3 Å². The highest BCUT2D eigenvalue weighted by Crippen LogP contribution is 2.50. The number of thiophene rings is 1. The van der Waals surface area contributed by atoms with Crippen molar-refractivity contribution < 1.29 is 4.79 Å². The fraction of sp³-hybridized carbons (Fsp3) is 0.375. The number of carbonyl (C=O) groups is 1. The largest absolute Gasteiger partial charge is 0.341 e. The van der Waals surface area contributed by atoms with Crippen molar-refractivity contribution in [3.8, 4) is 0 Å². The first-order valence-corrected chi connectivity index (χ1v) is 7.67. The Morgan fingerprint density at radius 1 is 1.35 bits per heavy atom. The Morgan fingerprint density at radius 2 is 2.10 bits per heavy atom. The van der Waals surface area contributed by atoms with Crippen LogP contribution in [0.2, 0.25) is 0 Å². The quantitative estimate of drug-likeness (QED) is 0.864. The van der Waals surface area contributed by atoms with Gasteiger partial charge in [-0.25, -0.2) is 0 Å². The van der Waals surface area contributed by atoms with Crippen LogP contribution < -0.4 is 0 Å². The summed E-state index contributed by atoms with van der Waals surface area (Å²) >= 11 is 1.82. The zero-order chi connectivity index (χ0) is 14.1. The molecule has 104 valence electrons. The van der Waals surface area contributed by atoms with E-state index in [0.717, 1.165) is 12.0 Å². The van der Waals surface area contributed by atoms with Gasteiger partial charge in [-0.3, -0.25) is 9.78 Å². The Kier molecular flexibility index (Phi) is 3.57. The van der Waals surface area contributed by atoms with Gasteiger partial charge < -0.3 is 4.90 Å². The monoisotopic (exact) mass is 286 g/mol. The topological polar surface area (TPSA) is 33.2 Å². The molecular weight excluding hydrogens is 268 g/mol. The lowest BCUT2D eigenvalue weighted by atomic mass is 10.2. The molecule has 0 aliphatic heterocycles. The summed E-state index contributed by atoms with van der Waals surface area (Å²) in [6.45, 7) is 2.77. The third-order valence-electron chi connectivity index (χ3n) is 3.78. The molecule has 2 aromatic heterocycles. The van der Waals surface area contributed by atoms with Crippen LogP contribution in [-0.2, 0) is 11.3 Å². The molecule has 2 heterocycles. The van der Waals surface area contributed by atoms with Crippen molar-refractivity contribution in [2.24, 2.45) is 5.92 Å². The highest BCUT2D eigenvalue weighted by atomic mass is 32.1. The summed E-state index contributed by atoms with van der Waals surface area (Å²) in [5, 5.41) is 0. The van der Waals surface area contributed by atoms with Gasteiger partial charge in [0.2, 0.25) is 5.91 Å². The molecular formula is C16H18N2OS. The van der Waals surface area contributed by atoms with Crippen LogP contribution in [-0.4, -0.2) is 22.8 Å². The van der Waals surface area contributed by atoms with Gasteiger partial charge >= 0.3 is 0 Å². The average Bonchev–Trinajstić information content (AvgIpc) is 3.14. The van der Waals surface area contributed by atoms with Crippen molar-refractivity contribution in [3.63, 3.8) is 0 Å². The number of hydrogen-bond acceptors (Lipinski definition) is 3. The second-order valence-corrected chi connectivity index (χ2v) is 6.77. The number of nitrogens with zero attached hydrogens (tertiary/aromatic N) is 2. The maximum absolute atomic E-state index is 12.4. The Morgan fingerprint density at radius 3 is 2.75 bits per heavy atom. The first-order valence-electron chi connectivity index (χ1n) is 6.85. The molecule has 0 spiro atoms. The normalized spacial score (nSPS) is 20.7. The summed E-state index contributed by atoms with van der Waals surface area (Å²) in [5.41, 5.74) is 1.13. The number of rotatable bonds is 4. The molecule has 0 aromatic carbocycles. The maximum Gasteiger partial charge on any atom is 0.226 e. The van der Waals surface area contributed by atoms with Crippen molar-refractivity contribution in [1.29, 1.82) is 0 Å². The molecule has 1 saturated carbocycles. The van der Waals surface area contributed by atoms with Gasteiger partial charge in [-0.2, -0.15) is 0 Å². The van der Waals surface area contributed by atoms with Gasteiger partial charge in [0.05, 0.1) is 0 Å². The molecule has 1 aliphatic carbocycles. The Bertz CT molecular complexity index is 608. The van der Waals surface area contributed by atoms with Crippen LogP contribution in [0.5, 0.6) is 0 Å². The third kappa shape index (κ3) is 2.75. The van der Waals surface area contributed by atoms with Gasteiger partial charge in [-0.1, -0.05) is 0 Å². The van der Waals surface area contributed by atoms with Crippen LogP contribution in [0.3, 0.4) is 0 Å². The summed E-state index contributed by atoms with van der Waals surface area (Å²) in [7, 11) is 1.89. The molecule has 3 rings (SSSR count). The smallest absolute Gasteiger partial charge is 0.226 e. The molecule has 0 bridgehead atoms. The van der Waals surface area contributed by atoms with E-state index < -0.39 is 0 Å². The molecule has 2 atom stereocenters. The number of carbonyl (C=O) groups excluding carboxylic acids is 1. The standard InChI is InChI=1S/C16H18N2OS/c1-11-3-4-15(20-11)13-9-14(13)16(19)18(2)10-12-5-7-17-8-6-12/h3-8,13-14H,9-10H2,1-2H3/t13-,14+/m0/s1. The Labute approximate surface area is 123 Å². The third-order valence-corrected chi connectivity index (χ3v) is 4.91. The number of pyridine rings is 1. The van der Waals surface area contributed by atoms with E-state index in [1.807, 2.05) is 35.4 Å². The van der Waals surface area contributed by atoms with E-state index in [4.69, 9.17) is 0 Å². The van der Waals surface area contributed by atoms with Crippen LogP contribution in [0.1, 0.15) is 27.7 Å². The van der Waals surface area contributed by atoms with Gasteiger partial charge in [0.1, 0.15) is 0 Å². The fourth-order valence-electron chi connectivity index (χ4n) is 2.56. The molecule has 3 nitrogen and oxygen atoms in total. The summed E-state index contributed by atoms with van der Waals surface area (Å²) in [5.74, 6) is 0.888. The van der Waals surface area contributed by atoms with E-state index in [-0.39, 0.29) is 11.8 Å². The minimum absolute atomic E-state index is 0.180. The van der Waals surface area contributed by atoms with E-state index in [1.54, 1.807) is 12.4 Å². The van der Waals surface area contributed by atoms with Crippen LogP contribution >= 0.6 is 11.3 Å². The number of aromatic nitrogens is 1.